The smallest absolute Gasteiger partial charge is 0.0524 e. The molecule has 1 rings (SSSR count). The van der Waals surface area contributed by atoms with Crippen LogP contribution in [0.1, 0.15) is 24.8 Å². The van der Waals surface area contributed by atoms with E-state index in [0.29, 0.717) is 5.92 Å². The number of thiol groups is 1. The maximum absolute atomic E-state index is 9.27. The zero-order chi connectivity index (χ0) is 12.7. The Balaban J connectivity index is 2.47. The van der Waals surface area contributed by atoms with Crippen molar-refractivity contribution in [1.29, 1.82) is 0 Å². The summed E-state index contributed by atoms with van der Waals surface area (Å²) in [6.45, 7) is 3.75. The van der Waals surface area contributed by atoms with Crippen molar-refractivity contribution in [3.05, 3.63) is 35.9 Å². The van der Waals surface area contributed by atoms with Crippen LogP contribution < -0.4 is 0 Å². The highest BCUT2D eigenvalue weighted by Crippen LogP contribution is 2.18. The van der Waals surface area contributed by atoms with Crippen LogP contribution >= 0.6 is 12.6 Å². The molecule has 0 saturated carbocycles. The molecule has 0 radical (unpaired) electrons. The topological polar surface area (TPSA) is 23.5 Å². The van der Waals surface area contributed by atoms with Gasteiger partial charge < -0.3 is 10.0 Å². The Morgan fingerprint density at radius 3 is 2.47 bits per heavy atom. The lowest BCUT2D eigenvalue weighted by Gasteiger charge is -2.23. The number of nitrogens with zero attached hydrogens (tertiary/aromatic N) is 1. The van der Waals surface area contributed by atoms with Crippen LogP contribution in [0.4, 0.5) is 0 Å². The molecule has 0 amide bonds. The fraction of sp³-hybridized carbons (Fsp3) is 0.571. The third-order valence-corrected chi connectivity index (χ3v) is 3.39. The van der Waals surface area contributed by atoms with E-state index in [1.165, 1.54) is 5.56 Å². The number of rotatable bonds is 7. The summed E-state index contributed by atoms with van der Waals surface area (Å²) < 4.78 is 0. The molecule has 2 nitrogen and oxygen atoms in total. The van der Waals surface area contributed by atoms with E-state index in [0.717, 1.165) is 25.3 Å². The lowest BCUT2D eigenvalue weighted by Crippen LogP contribution is -2.28. The number of hydrogen-bond acceptors (Lipinski definition) is 3. The Kier molecular flexibility index (Phi) is 6.63. The second kappa shape index (κ2) is 7.75. The highest BCUT2D eigenvalue weighted by Gasteiger charge is 2.12. The van der Waals surface area contributed by atoms with Gasteiger partial charge in [0.05, 0.1) is 6.10 Å². The third-order valence-electron chi connectivity index (χ3n) is 2.95. The molecular weight excluding hydrogens is 230 g/mol. The third kappa shape index (κ3) is 5.57. The minimum atomic E-state index is -0.219. The highest BCUT2D eigenvalue weighted by molar-refractivity contribution is 7.80. The molecule has 0 spiro atoms. The summed E-state index contributed by atoms with van der Waals surface area (Å²) in [6.07, 6.45) is 0.605. The molecule has 3 heteroatoms. The first kappa shape index (κ1) is 14.6. The lowest BCUT2D eigenvalue weighted by atomic mass is 10.0. The Morgan fingerprint density at radius 1 is 1.29 bits per heavy atom. The zero-order valence-electron chi connectivity index (χ0n) is 10.7. The summed E-state index contributed by atoms with van der Waals surface area (Å²) in [7, 11) is 2.10. The zero-order valence-corrected chi connectivity index (χ0v) is 11.6. The van der Waals surface area contributed by atoms with E-state index in [-0.39, 0.29) is 6.10 Å². The summed E-state index contributed by atoms with van der Waals surface area (Å²) >= 11 is 4.43. The van der Waals surface area contributed by atoms with Gasteiger partial charge in [0, 0.05) is 19.0 Å². The Hall–Kier alpha value is -0.510. The Labute approximate surface area is 110 Å². The van der Waals surface area contributed by atoms with Gasteiger partial charge in [0.15, 0.2) is 0 Å². The van der Waals surface area contributed by atoms with E-state index in [9.17, 15) is 5.11 Å². The molecule has 1 aromatic carbocycles. The summed E-state index contributed by atoms with van der Waals surface area (Å²) in [5.41, 5.74) is 1.34. The van der Waals surface area contributed by atoms with Crippen molar-refractivity contribution >= 4 is 12.6 Å². The first-order chi connectivity index (χ1) is 8.13. The van der Waals surface area contributed by atoms with Crippen LogP contribution in [0.2, 0.25) is 0 Å². The van der Waals surface area contributed by atoms with Crippen LogP contribution in [0.15, 0.2) is 30.3 Å². The molecule has 0 saturated heterocycles. The van der Waals surface area contributed by atoms with Crippen molar-refractivity contribution in [1.82, 2.24) is 4.90 Å². The normalized spacial score (nSPS) is 14.9. The van der Waals surface area contributed by atoms with Crippen molar-refractivity contribution in [3.63, 3.8) is 0 Å². The van der Waals surface area contributed by atoms with Crippen molar-refractivity contribution in [2.45, 2.75) is 25.4 Å². The van der Waals surface area contributed by atoms with E-state index in [4.69, 9.17) is 0 Å². The van der Waals surface area contributed by atoms with E-state index in [1.807, 2.05) is 13.0 Å². The van der Waals surface area contributed by atoms with E-state index >= 15 is 0 Å². The van der Waals surface area contributed by atoms with Gasteiger partial charge in [-0.2, -0.15) is 12.6 Å². The van der Waals surface area contributed by atoms with E-state index in [2.05, 4.69) is 48.8 Å². The largest absolute Gasteiger partial charge is 0.393 e. The average Bonchev–Trinajstić information content (AvgIpc) is 2.34. The van der Waals surface area contributed by atoms with Gasteiger partial charge in [0.1, 0.15) is 0 Å². The maximum atomic E-state index is 9.27. The average molecular weight is 253 g/mol. The van der Waals surface area contributed by atoms with Gasteiger partial charge in [0.25, 0.3) is 0 Å². The predicted molar refractivity (Wildman–Crippen MR) is 76.8 cm³/mol. The van der Waals surface area contributed by atoms with Crippen molar-refractivity contribution in [3.8, 4) is 0 Å². The highest BCUT2D eigenvalue weighted by atomic mass is 32.1. The van der Waals surface area contributed by atoms with Crippen molar-refractivity contribution < 1.29 is 5.11 Å². The minimum Gasteiger partial charge on any atom is -0.393 e. The molecule has 17 heavy (non-hydrogen) atoms. The van der Waals surface area contributed by atoms with Gasteiger partial charge in [-0.15, -0.1) is 0 Å². The molecule has 2 unspecified atom stereocenters. The number of aliphatic hydroxyl groups excluding tert-OH is 1. The molecular formula is C14H23NOS. The van der Waals surface area contributed by atoms with Gasteiger partial charge in [-0.3, -0.25) is 0 Å². The summed E-state index contributed by atoms with van der Waals surface area (Å²) in [5.74, 6) is 1.31. The molecule has 2 atom stereocenters. The first-order valence-electron chi connectivity index (χ1n) is 6.16. The van der Waals surface area contributed by atoms with Crippen LogP contribution in [-0.2, 0) is 0 Å². The van der Waals surface area contributed by atoms with Gasteiger partial charge in [-0.25, -0.2) is 0 Å². The van der Waals surface area contributed by atoms with Crippen LogP contribution in [-0.4, -0.2) is 42.0 Å². The Morgan fingerprint density at radius 2 is 1.94 bits per heavy atom. The van der Waals surface area contributed by atoms with Gasteiger partial charge in [0.2, 0.25) is 0 Å². The van der Waals surface area contributed by atoms with Crippen LogP contribution in [0.5, 0.6) is 0 Å². The molecule has 0 aliphatic carbocycles. The molecule has 0 heterocycles. The second-order valence-electron chi connectivity index (χ2n) is 4.69. The van der Waals surface area contributed by atoms with E-state index in [1.54, 1.807) is 0 Å². The summed E-state index contributed by atoms with van der Waals surface area (Å²) in [6, 6.07) is 10.5. The molecule has 1 N–H and O–H groups in total. The SMILES string of the molecule is CC(O)CCN(C)CC(CS)c1ccccc1. The van der Waals surface area contributed by atoms with E-state index < -0.39 is 0 Å². The quantitative estimate of drug-likeness (QED) is 0.729. The standard InChI is InChI=1S/C14H23NOS/c1-12(16)8-9-15(2)10-14(11-17)13-6-4-3-5-7-13/h3-7,12,14,16-17H,8-11H2,1-2H3. The maximum Gasteiger partial charge on any atom is 0.0524 e. The minimum absolute atomic E-state index is 0.219. The first-order valence-corrected chi connectivity index (χ1v) is 6.79. The van der Waals surface area contributed by atoms with Crippen molar-refractivity contribution in [2.75, 3.05) is 25.9 Å². The monoisotopic (exact) mass is 253 g/mol. The summed E-state index contributed by atoms with van der Waals surface area (Å²) in [4.78, 5) is 2.26. The number of aliphatic hydroxyl groups is 1. The van der Waals surface area contributed by atoms with Crippen LogP contribution in [0, 0.1) is 0 Å². The molecule has 0 bridgehead atoms. The second-order valence-corrected chi connectivity index (χ2v) is 5.06. The molecule has 96 valence electrons. The molecule has 0 aliphatic rings. The predicted octanol–water partition coefficient (Wildman–Crippen LogP) is 2.40. The number of benzene rings is 1. The fourth-order valence-electron chi connectivity index (χ4n) is 1.87. The van der Waals surface area contributed by atoms with Gasteiger partial charge in [-0.05, 0) is 31.7 Å². The lowest BCUT2D eigenvalue weighted by molar-refractivity contribution is 0.163. The van der Waals surface area contributed by atoms with Gasteiger partial charge >= 0.3 is 0 Å². The Bertz CT molecular complexity index is 302. The fourth-order valence-corrected chi connectivity index (χ4v) is 2.19. The number of hydrogen-bond donors (Lipinski definition) is 2. The van der Waals surface area contributed by atoms with Crippen LogP contribution in [0.3, 0.4) is 0 Å². The van der Waals surface area contributed by atoms with Gasteiger partial charge in [-0.1, -0.05) is 30.3 Å². The molecule has 0 aliphatic heterocycles. The van der Waals surface area contributed by atoms with Crippen LogP contribution in [0.25, 0.3) is 0 Å². The molecule has 0 aromatic heterocycles. The number of likely N-dealkylation sites (N-methyl/N-ethyl adjacent to an activating group) is 1. The molecule has 1 aromatic rings. The summed E-state index contributed by atoms with van der Waals surface area (Å²) in [5, 5.41) is 9.27. The van der Waals surface area contributed by atoms with Crippen molar-refractivity contribution in [2.24, 2.45) is 0 Å². The molecule has 0 fully saturated rings.